The van der Waals surface area contributed by atoms with E-state index in [1.165, 1.54) is 0 Å². The van der Waals surface area contributed by atoms with E-state index < -0.39 is 22.8 Å². The second kappa shape index (κ2) is 6.33. The predicted octanol–water partition coefficient (Wildman–Crippen LogP) is 2.01. The van der Waals surface area contributed by atoms with Crippen LogP contribution in [0.4, 0.5) is 0 Å². The molecule has 3 atom stereocenters. The van der Waals surface area contributed by atoms with Crippen LogP contribution in [0.5, 0.6) is 5.75 Å². The first kappa shape index (κ1) is 17.7. The summed E-state index contributed by atoms with van der Waals surface area (Å²) < 4.78 is 11.3. The van der Waals surface area contributed by atoms with Crippen LogP contribution in [0.15, 0.2) is 24.3 Å². The molecule has 3 rings (SSSR count). The lowest BCUT2D eigenvalue weighted by molar-refractivity contribution is -0.195. The number of carbonyl (C=O) groups excluding carboxylic acids is 1. The van der Waals surface area contributed by atoms with Crippen LogP contribution in [-0.2, 0) is 20.7 Å². The number of amides is 1. The van der Waals surface area contributed by atoms with Crippen LogP contribution in [0.3, 0.4) is 0 Å². The summed E-state index contributed by atoms with van der Waals surface area (Å²) in [6.07, 6.45) is 0.642. The lowest BCUT2D eigenvalue weighted by Gasteiger charge is -2.58. The molecule has 1 heterocycles. The summed E-state index contributed by atoms with van der Waals surface area (Å²) in [6, 6.07) is 7.61. The van der Waals surface area contributed by atoms with E-state index in [0.29, 0.717) is 13.0 Å². The van der Waals surface area contributed by atoms with Crippen LogP contribution in [0.2, 0.25) is 0 Å². The van der Waals surface area contributed by atoms with Crippen molar-refractivity contribution < 1.29 is 24.2 Å². The van der Waals surface area contributed by atoms with Gasteiger partial charge in [0, 0.05) is 18.4 Å². The third-order valence-electron chi connectivity index (χ3n) is 5.72. The van der Waals surface area contributed by atoms with Crippen LogP contribution >= 0.6 is 0 Å². The molecule has 1 aliphatic carbocycles. The van der Waals surface area contributed by atoms with Gasteiger partial charge in [0.05, 0.1) is 12.0 Å². The van der Waals surface area contributed by atoms with Gasteiger partial charge in [0.2, 0.25) is 5.91 Å². The maximum absolute atomic E-state index is 12.8. The van der Waals surface area contributed by atoms with E-state index in [1.54, 1.807) is 0 Å². The number of fused-ring (bicyclic) bond motifs is 1. The third kappa shape index (κ3) is 2.78. The van der Waals surface area contributed by atoms with Crippen molar-refractivity contribution in [3.8, 4) is 5.75 Å². The summed E-state index contributed by atoms with van der Waals surface area (Å²) in [5.74, 6) is -0.896. The number of nitrogens with one attached hydrogen (secondary N) is 1. The summed E-state index contributed by atoms with van der Waals surface area (Å²) in [5.41, 5.74) is -1.02. The standard InChI is InChI=1S/C19H25NO5/c1-4-24-15-10-19(17(22)23,18(15,2)3)20-16(21)13-9-12-7-5-6-8-14(12)25-11-13/h5-8,13,15H,4,9-11H2,1-3H3,(H,20,21)(H,22,23)/t13-,15+,19+/m0/s1. The first-order valence-electron chi connectivity index (χ1n) is 8.69. The van der Waals surface area contributed by atoms with Gasteiger partial charge >= 0.3 is 5.97 Å². The van der Waals surface area contributed by atoms with Crippen LogP contribution in [0.1, 0.15) is 32.8 Å². The van der Waals surface area contributed by atoms with Crippen molar-refractivity contribution >= 4 is 11.9 Å². The SMILES string of the molecule is CCO[C@@H]1C[C@@](NC(=O)[C@@H]2COc3ccccc3C2)(C(=O)O)C1(C)C. The number of aliphatic carboxylic acids is 1. The Morgan fingerprint density at radius 2 is 2.08 bits per heavy atom. The Morgan fingerprint density at radius 3 is 2.72 bits per heavy atom. The van der Waals surface area contributed by atoms with Gasteiger partial charge in [-0.3, -0.25) is 4.79 Å². The molecule has 6 heteroatoms. The number of benzene rings is 1. The fourth-order valence-corrected chi connectivity index (χ4v) is 3.85. The van der Waals surface area contributed by atoms with E-state index >= 15 is 0 Å². The maximum Gasteiger partial charge on any atom is 0.330 e. The molecule has 1 aromatic carbocycles. The molecule has 136 valence electrons. The van der Waals surface area contributed by atoms with Gasteiger partial charge < -0.3 is 19.9 Å². The Labute approximate surface area is 147 Å². The Hall–Kier alpha value is -2.08. The van der Waals surface area contributed by atoms with E-state index in [2.05, 4.69) is 5.32 Å². The summed E-state index contributed by atoms with van der Waals surface area (Å²) >= 11 is 0. The van der Waals surface area contributed by atoms with Crippen LogP contribution < -0.4 is 10.1 Å². The zero-order chi connectivity index (χ0) is 18.2. The number of carboxylic acid groups (broad SMARTS) is 1. The van der Waals surface area contributed by atoms with E-state index in [0.717, 1.165) is 11.3 Å². The van der Waals surface area contributed by atoms with E-state index in [4.69, 9.17) is 9.47 Å². The molecule has 1 saturated carbocycles. The molecule has 25 heavy (non-hydrogen) atoms. The van der Waals surface area contributed by atoms with Gasteiger partial charge in [-0.2, -0.15) is 0 Å². The summed E-state index contributed by atoms with van der Waals surface area (Å²) in [6.45, 7) is 6.32. The molecule has 1 fully saturated rings. The molecular weight excluding hydrogens is 322 g/mol. The molecule has 0 aromatic heterocycles. The third-order valence-corrected chi connectivity index (χ3v) is 5.72. The largest absolute Gasteiger partial charge is 0.492 e. The number of para-hydroxylation sites is 1. The molecule has 1 amide bonds. The highest BCUT2D eigenvalue weighted by molar-refractivity contribution is 5.90. The fourth-order valence-electron chi connectivity index (χ4n) is 3.85. The minimum atomic E-state index is -1.30. The van der Waals surface area contributed by atoms with Crippen molar-refractivity contribution in [2.24, 2.45) is 11.3 Å². The topological polar surface area (TPSA) is 84.9 Å². The van der Waals surface area contributed by atoms with Crippen molar-refractivity contribution in [3.05, 3.63) is 29.8 Å². The number of hydrogen-bond acceptors (Lipinski definition) is 4. The number of carbonyl (C=O) groups is 2. The van der Waals surface area contributed by atoms with Gasteiger partial charge in [-0.25, -0.2) is 4.79 Å². The Morgan fingerprint density at radius 1 is 1.36 bits per heavy atom. The monoisotopic (exact) mass is 347 g/mol. The minimum absolute atomic E-state index is 0.183. The molecule has 2 aliphatic rings. The van der Waals surface area contributed by atoms with Crippen LogP contribution in [0.25, 0.3) is 0 Å². The van der Waals surface area contributed by atoms with Crippen molar-refractivity contribution in [1.82, 2.24) is 5.32 Å². The second-order valence-electron chi connectivity index (χ2n) is 7.39. The molecule has 0 saturated heterocycles. The first-order valence-corrected chi connectivity index (χ1v) is 8.69. The molecule has 0 bridgehead atoms. The van der Waals surface area contributed by atoms with E-state index in [-0.39, 0.29) is 25.0 Å². The quantitative estimate of drug-likeness (QED) is 0.851. The molecule has 0 spiro atoms. The average molecular weight is 347 g/mol. The highest BCUT2D eigenvalue weighted by Crippen LogP contribution is 2.51. The highest BCUT2D eigenvalue weighted by atomic mass is 16.5. The first-order chi connectivity index (χ1) is 11.8. The van der Waals surface area contributed by atoms with Gasteiger partial charge in [-0.05, 0) is 25.0 Å². The summed E-state index contributed by atoms with van der Waals surface area (Å²) in [7, 11) is 0. The zero-order valence-corrected chi connectivity index (χ0v) is 14.9. The van der Waals surface area contributed by atoms with Crippen LogP contribution in [0, 0.1) is 11.3 Å². The van der Waals surface area contributed by atoms with Crippen molar-refractivity contribution in [2.45, 2.75) is 45.3 Å². The van der Waals surface area contributed by atoms with Gasteiger partial charge in [0.1, 0.15) is 17.9 Å². The Kier molecular flexibility index (Phi) is 4.49. The molecule has 1 aliphatic heterocycles. The maximum atomic E-state index is 12.8. The zero-order valence-electron chi connectivity index (χ0n) is 14.9. The fraction of sp³-hybridized carbons (Fsp3) is 0.579. The Balaban J connectivity index is 1.74. The van der Waals surface area contributed by atoms with Crippen molar-refractivity contribution in [2.75, 3.05) is 13.2 Å². The minimum Gasteiger partial charge on any atom is -0.492 e. The molecule has 2 N–H and O–H groups in total. The van der Waals surface area contributed by atoms with Crippen molar-refractivity contribution in [1.29, 1.82) is 0 Å². The lowest BCUT2D eigenvalue weighted by Crippen LogP contribution is -2.76. The van der Waals surface area contributed by atoms with Gasteiger partial charge in [0.25, 0.3) is 0 Å². The van der Waals surface area contributed by atoms with E-state index in [1.807, 2.05) is 45.0 Å². The number of carboxylic acids is 1. The van der Waals surface area contributed by atoms with Gasteiger partial charge in [-0.15, -0.1) is 0 Å². The number of rotatable bonds is 5. The Bertz CT molecular complexity index is 686. The van der Waals surface area contributed by atoms with Crippen molar-refractivity contribution in [3.63, 3.8) is 0 Å². The molecule has 0 radical (unpaired) electrons. The number of hydrogen-bond donors (Lipinski definition) is 2. The second-order valence-corrected chi connectivity index (χ2v) is 7.39. The molecular formula is C19H25NO5. The highest BCUT2D eigenvalue weighted by Gasteiger charge is 2.66. The molecule has 6 nitrogen and oxygen atoms in total. The normalized spacial score (nSPS) is 29.7. The smallest absolute Gasteiger partial charge is 0.330 e. The van der Waals surface area contributed by atoms with Gasteiger partial charge in [-0.1, -0.05) is 32.0 Å². The lowest BCUT2D eigenvalue weighted by atomic mass is 9.54. The summed E-state index contributed by atoms with van der Waals surface area (Å²) in [5, 5.41) is 12.6. The van der Waals surface area contributed by atoms with Gasteiger partial charge in [0.15, 0.2) is 0 Å². The number of ether oxygens (including phenoxy) is 2. The molecule has 0 unspecified atom stereocenters. The average Bonchev–Trinajstić information content (AvgIpc) is 2.59. The predicted molar refractivity (Wildman–Crippen MR) is 91.5 cm³/mol. The van der Waals surface area contributed by atoms with Crippen LogP contribution in [-0.4, -0.2) is 41.8 Å². The molecule has 1 aromatic rings. The van der Waals surface area contributed by atoms with E-state index in [9.17, 15) is 14.7 Å². The summed E-state index contributed by atoms with van der Waals surface area (Å²) in [4.78, 5) is 24.8.